The highest BCUT2D eigenvalue weighted by Crippen LogP contribution is 2.33. The maximum atomic E-state index is 14.3. The second kappa shape index (κ2) is 6.41. The van der Waals surface area contributed by atoms with Gasteiger partial charge in [0.05, 0.1) is 23.4 Å². The van der Waals surface area contributed by atoms with Gasteiger partial charge in [-0.2, -0.15) is 13.2 Å². The molecule has 1 amide bonds. The molecule has 0 fully saturated rings. The number of rotatable bonds is 2. The molecule has 1 aromatic heterocycles. The van der Waals surface area contributed by atoms with Crippen molar-refractivity contribution in [2.24, 2.45) is 7.05 Å². The Labute approximate surface area is 148 Å². The first-order valence-electron chi connectivity index (χ1n) is 8.30. The zero-order valence-corrected chi connectivity index (χ0v) is 14.7. The minimum absolute atomic E-state index is 0.157. The third-order valence-corrected chi connectivity index (χ3v) is 4.63. The van der Waals surface area contributed by atoms with E-state index in [1.807, 2.05) is 25.5 Å². The van der Waals surface area contributed by atoms with Gasteiger partial charge >= 0.3 is 6.18 Å². The maximum Gasteiger partial charge on any atom is 0.419 e. The summed E-state index contributed by atoms with van der Waals surface area (Å²) in [5.41, 5.74) is -0.283. The highest BCUT2D eigenvalue weighted by Gasteiger charge is 2.37. The van der Waals surface area contributed by atoms with Crippen molar-refractivity contribution in [3.63, 3.8) is 0 Å². The highest BCUT2D eigenvalue weighted by molar-refractivity contribution is 5.94. The van der Waals surface area contributed by atoms with Crippen LogP contribution < -0.4 is 0 Å². The number of imidazole rings is 1. The smallest absolute Gasteiger partial charge is 0.334 e. The summed E-state index contributed by atoms with van der Waals surface area (Å²) in [4.78, 5) is 18.5. The van der Waals surface area contributed by atoms with Crippen molar-refractivity contribution < 1.29 is 22.4 Å². The van der Waals surface area contributed by atoms with Crippen molar-refractivity contribution in [1.82, 2.24) is 14.5 Å². The average molecular weight is 369 g/mol. The van der Waals surface area contributed by atoms with Gasteiger partial charge in [0.25, 0.3) is 5.91 Å². The number of aromatic nitrogens is 2. The summed E-state index contributed by atoms with van der Waals surface area (Å²) in [6.45, 7) is 4.48. The van der Waals surface area contributed by atoms with Crippen LogP contribution in [0.1, 0.15) is 52.9 Å². The van der Waals surface area contributed by atoms with Crippen LogP contribution in [0.4, 0.5) is 17.6 Å². The lowest BCUT2D eigenvalue weighted by Crippen LogP contribution is -2.37. The molecule has 1 aliphatic heterocycles. The van der Waals surface area contributed by atoms with Gasteiger partial charge in [-0.15, -0.1) is 0 Å². The number of carbonyl (C=O) groups excluding carboxylic acids is 1. The molecule has 0 unspecified atom stereocenters. The zero-order valence-electron chi connectivity index (χ0n) is 14.7. The molecule has 0 radical (unpaired) electrons. The van der Waals surface area contributed by atoms with E-state index in [0.29, 0.717) is 24.7 Å². The third-order valence-electron chi connectivity index (χ3n) is 4.63. The average Bonchev–Trinajstić information content (AvgIpc) is 2.90. The number of carbonyl (C=O) groups is 1. The largest absolute Gasteiger partial charge is 0.419 e. The monoisotopic (exact) mass is 369 g/mol. The Kier molecular flexibility index (Phi) is 4.54. The van der Waals surface area contributed by atoms with Crippen molar-refractivity contribution in [2.45, 2.75) is 38.9 Å². The molecular formula is C18H19F4N3O. The molecule has 0 N–H and O–H groups in total. The molecule has 1 aromatic carbocycles. The van der Waals surface area contributed by atoms with Gasteiger partial charge in [-0.3, -0.25) is 4.79 Å². The summed E-state index contributed by atoms with van der Waals surface area (Å²) in [6.07, 6.45) is -4.32. The molecule has 140 valence electrons. The fraction of sp³-hybridized carbons (Fsp3) is 0.444. The van der Waals surface area contributed by atoms with Gasteiger partial charge in [-0.1, -0.05) is 19.9 Å². The highest BCUT2D eigenvalue weighted by atomic mass is 19.4. The van der Waals surface area contributed by atoms with Crippen molar-refractivity contribution in [3.8, 4) is 0 Å². The van der Waals surface area contributed by atoms with Crippen LogP contribution in [0.25, 0.3) is 0 Å². The van der Waals surface area contributed by atoms with E-state index in [-0.39, 0.29) is 12.5 Å². The fourth-order valence-corrected chi connectivity index (χ4v) is 3.33. The van der Waals surface area contributed by atoms with Crippen LogP contribution >= 0.6 is 0 Å². The lowest BCUT2D eigenvalue weighted by molar-refractivity contribution is -0.140. The summed E-state index contributed by atoms with van der Waals surface area (Å²) in [6, 6.07) is 2.76. The summed E-state index contributed by atoms with van der Waals surface area (Å²) in [5, 5.41) is 0. The summed E-state index contributed by atoms with van der Waals surface area (Å²) in [7, 11) is 1.91. The van der Waals surface area contributed by atoms with Crippen LogP contribution in [0.2, 0.25) is 0 Å². The van der Waals surface area contributed by atoms with E-state index in [1.165, 1.54) is 4.90 Å². The van der Waals surface area contributed by atoms with Gasteiger partial charge in [0.1, 0.15) is 11.6 Å². The molecule has 8 heteroatoms. The Morgan fingerprint density at radius 1 is 1.27 bits per heavy atom. The topological polar surface area (TPSA) is 38.1 Å². The zero-order chi connectivity index (χ0) is 19.2. The molecule has 1 aliphatic rings. The fourth-order valence-electron chi connectivity index (χ4n) is 3.33. The Balaban J connectivity index is 1.90. The lowest BCUT2D eigenvalue weighted by Gasteiger charge is -2.27. The second-order valence-corrected chi connectivity index (χ2v) is 6.72. The van der Waals surface area contributed by atoms with Gasteiger partial charge in [0.2, 0.25) is 0 Å². The van der Waals surface area contributed by atoms with Gasteiger partial charge in [0, 0.05) is 31.6 Å². The Morgan fingerprint density at radius 3 is 2.58 bits per heavy atom. The minimum atomic E-state index is -4.84. The molecule has 4 nitrogen and oxygen atoms in total. The molecule has 0 aliphatic carbocycles. The molecule has 0 saturated carbocycles. The molecule has 2 heterocycles. The summed E-state index contributed by atoms with van der Waals surface area (Å²) < 4.78 is 54.9. The molecule has 2 aromatic rings. The Morgan fingerprint density at radius 2 is 1.96 bits per heavy atom. The van der Waals surface area contributed by atoms with Crippen molar-refractivity contribution >= 4 is 5.91 Å². The van der Waals surface area contributed by atoms with Crippen LogP contribution in [0.3, 0.4) is 0 Å². The first-order valence-corrected chi connectivity index (χ1v) is 8.30. The van der Waals surface area contributed by atoms with Gasteiger partial charge in [-0.05, 0) is 12.1 Å². The van der Waals surface area contributed by atoms with E-state index in [4.69, 9.17) is 0 Å². The van der Waals surface area contributed by atoms with E-state index in [0.717, 1.165) is 23.7 Å². The van der Waals surface area contributed by atoms with Crippen molar-refractivity contribution in [2.75, 3.05) is 6.54 Å². The second-order valence-electron chi connectivity index (χ2n) is 6.72. The number of amides is 1. The van der Waals surface area contributed by atoms with Crippen LogP contribution in [-0.4, -0.2) is 26.9 Å². The number of halogens is 4. The summed E-state index contributed by atoms with van der Waals surface area (Å²) >= 11 is 0. The lowest BCUT2D eigenvalue weighted by atomic mass is 10.1. The molecular weight excluding hydrogens is 350 g/mol. The SMILES string of the molecule is CC(C)c1nc2c(n1C)CCN(C(=O)c1cccc(C(F)(F)F)c1F)C2. The van der Waals surface area contributed by atoms with E-state index in [1.54, 1.807) is 0 Å². The molecule has 0 bridgehead atoms. The first-order chi connectivity index (χ1) is 12.1. The van der Waals surface area contributed by atoms with Gasteiger partial charge in [0.15, 0.2) is 0 Å². The third kappa shape index (κ3) is 3.08. The Hall–Kier alpha value is -2.38. The number of nitrogens with zero attached hydrogens (tertiary/aromatic N) is 3. The molecule has 26 heavy (non-hydrogen) atoms. The number of alkyl halides is 3. The number of hydrogen-bond acceptors (Lipinski definition) is 2. The summed E-state index contributed by atoms with van der Waals surface area (Å²) in [5.74, 6) is -1.19. The van der Waals surface area contributed by atoms with Gasteiger partial charge in [-0.25, -0.2) is 9.37 Å². The van der Waals surface area contributed by atoms with Crippen molar-refractivity contribution in [1.29, 1.82) is 0 Å². The standard InChI is InChI=1S/C18H19F4N3O/c1-10(2)16-23-13-9-25(8-7-14(13)24(16)3)17(26)11-5-4-6-12(15(11)19)18(20,21)22/h4-6,10H,7-9H2,1-3H3. The van der Waals surface area contributed by atoms with E-state index >= 15 is 0 Å². The normalized spacial score (nSPS) is 14.7. The van der Waals surface area contributed by atoms with Crippen LogP contribution in [0.15, 0.2) is 18.2 Å². The van der Waals surface area contributed by atoms with E-state index in [2.05, 4.69) is 4.98 Å². The number of hydrogen-bond donors (Lipinski definition) is 0. The molecule has 0 spiro atoms. The number of benzene rings is 1. The van der Waals surface area contributed by atoms with Gasteiger partial charge < -0.3 is 9.47 Å². The Bertz CT molecular complexity index is 855. The van der Waals surface area contributed by atoms with Crippen LogP contribution in [-0.2, 0) is 26.2 Å². The van der Waals surface area contributed by atoms with E-state index < -0.39 is 29.0 Å². The predicted octanol–water partition coefficient (Wildman–Crippen LogP) is 3.90. The van der Waals surface area contributed by atoms with E-state index in [9.17, 15) is 22.4 Å². The quantitative estimate of drug-likeness (QED) is 0.753. The van der Waals surface area contributed by atoms with Crippen molar-refractivity contribution in [3.05, 3.63) is 52.4 Å². The van der Waals surface area contributed by atoms with Crippen LogP contribution in [0, 0.1) is 5.82 Å². The van der Waals surface area contributed by atoms with Crippen LogP contribution in [0.5, 0.6) is 0 Å². The predicted molar refractivity (Wildman–Crippen MR) is 87.1 cm³/mol. The molecule has 0 saturated heterocycles. The first kappa shape index (κ1) is 18.4. The molecule has 0 atom stereocenters. The molecule has 3 rings (SSSR count). The maximum absolute atomic E-state index is 14.3. The minimum Gasteiger partial charge on any atom is -0.334 e. The number of fused-ring (bicyclic) bond motifs is 1.